The van der Waals surface area contributed by atoms with Crippen LogP contribution in [0.1, 0.15) is 28.8 Å². The molecule has 0 bridgehead atoms. The van der Waals surface area contributed by atoms with Crippen LogP contribution in [0.2, 0.25) is 0 Å². The number of Topliss-reactive ketones (excluding diaryl/α,β-unsaturated/α-hetero) is 1. The number of ketones is 1. The first-order valence-electron chi connectivity index (χ1n) is 7.69. The molecule has 0 heterocycles. The second-order valence-corrected chi connectivity index (χ2v) is 7.07. The van der Waals surface area contributed by atoms with E-state index in [1.54, 1.807) is 36.4 Å². The molecule has 0 fully saturated rings. The van der Waals surface area contributed by atoms with Gasteiger partial charge in [0.05, 0.1) is 12.0 Å². The normalized spacial score (nSPS) is 11.8. The van der Waals surface area contributed by atoms with Gasteiger partial charge in [0.15, 0.2) is 5.78 Å². The smallest absolute Gasteiger partial charge is 0.276 e. The number of methoxy groups -OCH3 is 1. The molecule has 132 valence electrons. The number of ether oxygens (including phenoxy) is 1. The number of nitrogens with zero attached hydrogens (tertiary/aromatic N) is 1. The van der Waals surface area contributed by atoms with Crippen molar-refractivity contribution >= 4 is 21.7 Å². The monoisotopic (exact) mass is 360 g/mol. The number of sulfonamides is 1. The van der Waals surface area contributed by atoms with Crippen molar-refractivity contribution in [3.05, 3.63) is 65.7 Å². The Hall–Kier alpha value is -2.67. The highest BCUT2D eigenvalue weighted by atomic mass is 32.2. The molecule has 0 radical (unpaired) electrons. The van der Waals surface area contributed by atoms with Gasteiger partial charge in [0.2, 0.25) is 5.90 Å². The molecule has 0 aliphatic carbocycles. The fourth-order valence-electron chi connectivity index (χ4n) is 2.07. The number of carbonyl (C=O) groups excluding carboxylic acids is 1. The molecule has 0 spiro atoms. The first-order chi connectivity index (χ1) is 11.9. The zero-order chi connectivity index (χ0) is 18.3. The van der Waals surface area contributed by atoms with E-state index in [1.807, 2.05) is 13.0 Å². The molecule has 0 saturated carbocycles. The average Bonchev–Trinajstić information content (AvgIpc) is 2.62. The Morgan fingerprint density at radius 2 is 1.68 bits per heavy atom. The van der Waals surface area contributed by atoms with Gasteiger partial charge in [0.1, 0.15) is 0 Å². The molecule has 0 saturated heterocycles. The summed E-state index contributed by atoms with van der Waals surface area (Å²) in [6.45, 7) is 1.87. The molecule has 0 aliphatic heterocycles. The van der Waals surface area contributed by atoms with E-state index in [-0.39, 0.29) is 29.4 Å². The molecule has 2 aromatic rings. The van der Waals surface area contributed by atoms with Gasteiger partial charge < -0.3 is 4.74 Å². The van der Waals surface area contributed by atoms with Crippen LogP contribution in [0, 0.1) is 6.92 Å². The average molecular weight is 360 g/mol. The molecule has 0 amide bonds. The van der Waals surface area contributed by atoms with Gasteiger partial charge in [-0.1, -0.05) is 48.0 Å². The molecule has 0 aliphatic rings. The van der Waals surface area contributed by atoms with E-state index in [4.69, 9.17) is 4.74 Å². The van der Waals surface area contributed by atoms with Crippen LogP contribution in [-0.2, 0) is 14.8 Å². The maximum Gasteiger partial charge on any atom is 0.276 e. The van der Waals surface area contributed by atoms with Gasteiger partial charge in [-0.25, -0.2) is 0 Å². The van der Waals surface area contributed by atoms with Crippen LogP contribution < -0.4 is 4.83 Å². The predicted octanol–water partition coefficient (Wildman–Crippen LogP) is 2.90. The SMILES string of the molecule is COC(CCC(=O)c1ccccc1)=NNS(=O)(=O)c1ccc(C)cc1. The van der Waals surface area contributed by atoms with Gasteiger partial charge in [-0.2, -0.15) is 13.2 Å². The van der Waals surface area contributed by atoms with Crippen molar-refractivity contribution in [1.82, 2.24) is 4.83 Å². The van der Waals surface area contributed by atoms with Crippen molar-refractivity contribution < 1.29 is 17.9 Å². The summed E-state index contributed by atoms with van der Waals surface area (Å²) in [4.78, 5) is 14.3. The van der Waals surface area contributed by atoms with Crippen molar-refractivity contribution in [2.45, 2.75) is 24.7 Å². The van der Waals surface area contributed by atoms with Crippen molar-refractivity contribution in [1.29, 1.82) is 0 Å². The minimum atomic E-state index is -3.78. The first kappa shape index (κ1) is 18.7. The molecule has 2 aromatic carbocycles. The standard InChI is InChI=1S/C18H20N2O4S/c1-14-8-10-16(11-9-14)25(22,23)20-19-18(24-2)13-12-17(21)15-6-4-3-5-7-15/h3-11,20H,12-13H2,1-2H3. The zero-order valence-electron chi connectivity index (χ0n) is 14.1. The summed E-state index contributed by atoms with van der Waals surface area (Å²) in [5.74, 6) is 0.0757. The van der Waals surface area contributed by atoms with Gasteiger partial charge in [0.25, 0.3) is 10.0 Å². The Balaban J connectivity index is 2.00. The van der Waals surface area contributed by atoms with E-state index in [9.17, 15) is 13.2 Å². The summed E-state index contributed by atoms with van der Waals surface area (Å²) in [5.41, 5.74) is 1.55. The molecule has 0 atom stereocenters. The zero-order valence-corrected chi connectivity index (χ0v) is 14.9. The molecule has 0 unspecified atom stereocenters. The molecular weight excluding hydrogens is 340 g/mol. The fourth-order valence-corrected chi connectivity index (χ4v) is 2.90. The van der Waals surface area contributed by atoms with Gasteiger partial charge in [0, 0.05) is 18.4 Å². The number of benzene rings is 2. The highest BCUT2D eigenvalue weighted by Crippen LogP contribution is 2.10. The second kappa shape index (κ2) is 8.43. The van der Waals surface area contributed by atoms with Crippen molar-refractivity contribution in [3.63, 3.8) is 0 Å². The van der Waals surface area contributed by atoms with Crippen LogP contribution in [0.4, 0.5) is 0 Å². The summed E-state index contributed by atoms with van der Waals surface area (Å²) < 4.78 is 29.4. The third-order valence-corrected chi connectivity index (χ3v) is 4.74. The molecular formula is C18H20N2O4S. The lowest BCUT2D eigenvalue weighted by molar-refractivity contribution is 0.0983. The lowest BCUT2D eigenvalue weighted by atomic mass is 10.1. The lowest BCUT2D eigenvalue weighted by Gasteiger charge is -2.07. The number of nitrogens with one attached hydrogen (secondary N) is 1. The molecule has 2 rings (SSSR count). The number of hydrogen-bond acceptors (Lipinski definition) is 5. The summed E-state index contributed by atoms with van der Waals surface area (Å²) in [6.07, 6.45) is 0.365. The van der Waals surface area contributed by atoms with Gasteiger partial charge >= 0.3 is 0 Å². The van der Waals surface area contributed by atoms with E-state index in [0.717, 1.165) is 5.56 Å². The molecule has 7 heteroatoms. The number of rotatable bonds is 7. The van der Waals surface area contributed by atoms with Crippen molar-refractivity contribution in [3.8, 4) is 0 Å². The van der Waals surface area contributed by atoms with E-state index in [1.165, 1.54) is 19.2 Å². The van der Waals surface area contributed by atoms with E-state index in [2.05, 4.69) is 9.93 Å². The Labute approximate surface area is 147 Å². The van der Waals surface area contributed by atoms with Crippen LogP contribution in [0.25, 0.3) is 0 Å². The van der Waals surface area contributed by atoms with Crippen LogP contribution in [-0.4, -0.2) is 27.2 Å². The topological polar surface area (TPSA) is 84.8 Å². The lowest BCUT2D eigenvalue weighted by Crippen LogP contribution is -2.21. The van der Waals surface area contributed by atoms with Crippen molar-refractivity contribution in [2.75, 3.05) is 7.11 Å². The minimum Gasteiger partial charge on any atom is -0.483 e. The molecule has 25 heavy (non-hydrogen) atoms. The Morgan fingerprint density at radius 3 is 2.28 bits per heavy atom. The summed E-state index contributed by atoms with van der Waals surface area (Å²) in [7, 11) is -2.39. The van der Waals surface area contributed by atoms with Crippen LogP contribution >= 0.6 is 0 Å². The number of hydrogen-bond donors (Lipinski definition) is 1. The molecule has 1 N–H and O–H groups in total. The summed E-state index contributed by atoms with van der Waals surface area (Å²) >= 11 is 0. The number of carbonyl (C=O) groups is 1. The van der Waals surface area contributed by atoms with Gasteiger partial charge in [-0.05, 0) is 19.1 Å². The quantitative estimate of drug-likeness (QED) is 0.356. The van der Waals surface area contributed by atoms with Crippen LogP contribution in [0.3, 0.4) is 0 Å². The van der Waals surface area contributed by atoms with E-state index >= 15 is 0 Å². The predicted molar refractivity (Wildman–Crippen MR) is 96.0 cm³/mol. The van der Waals surface area contributed by atoms with Gasteiger partial charge in [-0.15, -0.1) is 5.10 Å². The second-order valence-electron chi connectivity index (χ2n) is 5.41. The Kier molecular flexibility index (Phi) is 6.30. The van der Waals surface area contributed by atoms with Crippen molar-refractivity contribution in [2.24, 2.45) is 5.10 Å². The van der Waals surface area contributed by atoms with Gasteiger partial charge in [-0.3, -0.25) is 4.79 Å². The highest BCUT2D eigenvalue weighted by molar-refractivity contribution is 7.89. The highest BCUT2D eigenvalue weighted by Gasteiger charge is 2.14. The number of hydrazone groups is 1. The summed E-state index contributed by atoms with van der Waals surface area (Å²) in [6, 6.07) is 15.3. The summed E-state index contributed by atoms with van der Waals surface area (Å²) in [5, 5.41) is 3.78. The molecule has 6 nitrogen and oxygen atoms in total. The largest absolute Gasteiger partial charge is 0.483 e. The third kappa shape index (κ3) is 5.42. The molecule has 0 aromatic heterocycles. The van der Waals surface area contributed by atoms with E-state index in [0.29, 0.717) is 5.56 Å². The number of aryl methyl sites for hydroxylation is 1. The maximum atomic E-state index is 12.2. The maximum absolute atomic E-state index is 12.2. The van der Waals surface area contributed by atoms with E-state index < -0.39 is 10.0 Å². The van der Waals surface area contributed by atoms with Crippen LogP contribution in [0.15, 0.2) is 64.6 Å². The first-order valence-corrected chi connectivity index (χ1v) is 9.18. The fraction of sp³-hybridized carbons (Fsp3) is 0.222. The Bertz CT molecular complexity index is 844. The minimum absolute atomic E-state index is 0.0632. The third-order valence-electron chi connectivity index (χ3n) is 3.52. The van der Waals surface area contributed by atoms with Crippen LogP contribution in [0.5, 0.6) is 0 Å². The Morgan fingerprint density at radius 1 is 1.04 bits per heavy atom.